The van der Waals surface area contributed by atoms with Crippen molar-refractivity contribution in [1.82, 2.24) is 9.80 Å². The number of amides is 2. The van der Waals surface area contributed by atoms with Crippen LogP contribution in [0.15, 0.2) is 78.5 Å². The van der Waals surface area contributed by atoms with Crippen LogP contribution in [0.4, 0.5) is 0 Å². The standard InChI is InChI=1S/C28H26N2O3/c1-19-11-13-21(14-12-19)25-26(29-16-15-20-7-3-4-8-22(20)17-29)28(32)30(27(25)31)18-23-9-5-6-10-24(23)33-2/h3-14H,15-18H2,1-2H3. The number of carbonyl (C=O) groups excluding carboxylic acids is 2. The first kappa shape index (κ1) is 21.0. The van der Waals surface area contributed by atoms with E-state index in [1.165, 1.54) is 16.0 Å². The lowest BCUT2D eigenvalue weighted by Crippen LogP contribution is -2.37. The van der Waals surface area contributed by atoms with Gasteiger partial charge in [0.2, 0.25) is 0 Å². The molecule has 3 aromatic carbocycles. The van der Waals surface area contributed by atoms with E-state index >= 15 is 0 Å². The molecule has 0 spiro atoms. The number of carbonyl (C=O) groups is 2. The summed E-state index contributed by atoms with van der Waals surface area (Å²) in [6, 6.07) is 23.6. The first-order chi connectivity index (χ1) is 16.1. The molecule has 2 aliphatic heterocycles. The molecule has 5 nitrogen and oxygen atoms in total. The third-order valence-electron chi connectivity index (χ3n) is 6.45. The zero-order valence-electron chi connectivity index (χ0n) is 18.9. The number of rotatable bonds is 5. The molecule has 0 N–H and O–H groups in total. The largest absolute Gasteiger partial charge is 0.496 e. The number of methoxy groups -OCH3 is 1. The maximum Gasteiger partial charge on any atom is 0.278 e. The normalized spacial score (nSPS) is 15.8. The van der Waals surface area contributed by atoms with Crippen LogP contribution in [-0.4, -0.2) is 35.3 Å². The highest BCUT2D eigenvalue weighted by Gasteiger charge is 2.42. The monoisotopic (exact) mass is 438 g/mol. The van der Waals surface area contributed by atoms with E-state index < -0.39 is 0 Å². The SMILES string of the molecule is COc1ccccc1CN1C(=O)C(c2ccc(C)cc2)=C(N2CCc3ccccc3C2)C1=O. The second kappa shape index (κ2) is 8.58. The number of benzene rings is 3. The number of aryl methyl sites for hydroxylation is 1. The molecule has 33 heavy (non-hydrogen) atoms. The summed E-state index contributed by atoms with van der Waals surface area (Å²) in [5, 5.41) is 0. The van der Waals surface area contributed by atoms with Gasteiger partial charge in [-0.25, -0.2) is 0 Å². The van der Waals surface area contributed by atoms with Crippen LogP contribution in [0, 0.1) is 6.92 Å². The van der Waals surface area contributed by atoms with Gasteiger partial charge >= 0.3 is 0 Å². The van der Waals surface area contributed by atoms with Crippen LogP contribution >= 0.6 is 0 Å². The third-order valence-corrected chi connectivity index (χ3v) is 6.45. The molecule has 0 bridgehead atoms. The summed E-state index contributed by atoms with van der Waals surface area (Å²) in [4.78, 5) is 30.8. The van der Waals surface area contributed by atoms with Crippen LogP contribution < -0.4 is 4.74 Å². The summed E-state index contributed by atoms with van der Waals surface area (Å²) in [6.07, 6.45) is 0.842. The molecule has 0 aliphatic carbocycles. The predicted octanol–water partition coefficient (Wildman–Crippen LogP) is 4.34. The summed E-state index contributed by atoms with van der Waals surface area (Å²) in [5.41, 5.74) is 6.15. The quantitative estimate of drug-likeness (QED) is 0.556. The molecule has 0 radical (unpaired) electrons. The lowest BCUT2D eigenvalue weighted by molar-refractivity contribution is -0.138. The van der Waals surface area contributed by atoms with Gasteiger partial charge in [0.1, 0.15) is 11.4 Å². The molecule has 3 aromatic rings. The average Bonchev–Trinajstić information content (AvgIpc) is 3.09. The van der Waals surface area contributed by atoms with E-state index in [9.17, 15) is 9.59 Å². The third kappa shape index (κ3) is 3.80. The van der Waals surface area contributed by atoms with Crippen LogP contribution in [0.5, 0.6) is 5.75 Å². The number of ether oxygens (including phenoxy) is 1. The molecular formula is C28H26N2O3. The van der Waals surface area contributed by atoms with Gasteiger partial charge < -0.3 is 9.64 Å². The van der Waals surface area contributed by atoms with Gasteiger partial charge in [-0.2, -0.15) is 0 Å². The van der Waals surface area contributed by atoms with Crippen molar-refractivity contribution in [2.75, 3.05) is 13.7 Å². The molecule has 0 fully saturated rings. The summed E-state index contributed by atoms with van der Waals surface area (Å²) in [6.45, 7) is 3.49. The first-order valence-electron chi connectivity index (χ1n) is 11.2. The molecule has 0 unspecified atom stereocenters. The number of hydrogen-bond acceptors (Lipinski definition) is 4. The van der Waals surface area contributed by atoms with Gasteiger partial charge in [-0.05, 0) is 36.1 Å². The molecule has 166 valence electrons. The van der Waals surface area contributed by atoms with Crippen LogP contribution in [0.2, 0.25) is 0 Å². The van der Waals surface area contributed by atoms with Crippen LogP contribution in [0.25, 0.3) is 5.57 Å². The van der Waals surface area contributed by atoms with Crippen LogP contribution in [-0.2, 0) is 29.1 Å². The fraction of sp³-hybridized carbons (Fsp3) is 0.214. The minimum atomic E-state index is -0.261. The van der Waals surface area contributed by atoms with Crippen molar-refractivity contribution < 1.29 is 14.3 Å². The second-order valence-corrected chi connectivity index (χ2v) is 8.54. The predicted molar refractivity (Wildman–Crippen MR) is 127 cm³/mol. The summed E-state index contributed by atoms with van der Waals surface area (Å²) in [7, 11) is 1.60. The molecular weight excluding hydrogens is 412 g/mol. The molecule has 0 saturated heterocycles. The van der Waals surface area contributed by atoms with Gasteiger partial charge in [0.25, 0.3) is 11.8 Å². The summed E-state index contributed by atoms with van der Waals surface area (Å²) in [5.74, 6) is 0.153. The van der Waals surface area contributed by atoms with Gasteiger partial charge in [0, 0.05) is 18.7 Å². The van der Waals surface area contributed by atoms with Crippen molar-refractivity contribution in [2.45, 2.75) is 26.4 Å². The minimum absolute atomic E-state index is 0.172. The number of fused-ring (bicyclic) bond motifs is 1. The molecule has 5 heteroatoms. The van der Waals surface area contributed by atoms with E-state index in [-0.39, 0.29) is 18.4 Å². The summed E-state index contributed by atoms with van der Waals surface area (Å²) >= 11 is 0. The fourth-order valence-electron chi connectivity index (χ4n) is 4.67. The van der Waals surface area contributed by atoms with Gasteiger partial charge in [-0.15, -0.1) is 0 Å². The van der Waals surface area contributed by atoms with Crippen molar-refractivity contribution in [3.8, 4) is 5.75 Å². The molecule has 0 aromatic heterocycles. The molecule has 2 heterocycles. The highest BCUT2D eigenvalue weighted by molar-refractivity contribution is 6.35. The molecule has 2 amide bonds. The Hall–Kier alpha value is -3.86. The number of imide groups is 1. The molecule has 0 atom stereocenters. The Morgan fingerprint density at radius 2 is 1.55 bits per heavy atom. The van der Waals surface area contributed by atoms with Crippen molar-refractivity contribution >= 4 is 17.4 Å². The van der Waals surface area contributed by atoms with Gasteiger partial charge in [0.15, 0.2) is 0 Å². The minimum Gasteiger partial charge on any atom is -0.496 e. The molecule has 0 saturated carbocycles. The highest BCUT2D eigenvalue weighted by Crippen LogP contribution is 2.36. The zero-order valence-corrected chi connectivity index (χ0v) is 18.9. The fourth-order valence-corrected chi connectivity index (χ4v) is 4.67. The van der Waals surface area contributed by atoms with Crippen LogP contribution in [0.3, 0.4) is 0 Å². The Balaban J connectivity index is 1.56. The smallest absolute Gasteiger partial charge is 0.278 e. The van der Waals surface area contributed by atoms with Crippen molar-refractivity contribution in [1.29, 1.82) is 0 Å². The van der Waals surface area contributed by atoms with E-state index in [4.69, 9.17) is 4.74 Å². The van der Waals surface area contributed by atoms with E-state index in [2.05, 4.69) is 17.0 Å². The lowest BCUT2D eigenvalue weighted by Gasteiger charge is -2.31. The van der Waals surface area contributed by atoms with Gasteiger partial charge in [-0.3, -0.25) is 14.5 Å². The van der Waals surface area contributed by atoms with Crippen molar-refractivity contribution in [2.24, 2.45) is 0 Å². The number of nitrogens with zero attached hydrogens (tertiary/aromatic N) is 2. The highest BCUT2D eigenvalue weighted by atomic mass is 16.5. The van der Waals surface area contributed by atoms with E-state index in [1.807, 2.05) is 67.6 Å². The zero-order chi connectivity index (χ0) is 22.9. The first-order valence-corrected chi connectivity index (χ1v) is 11.2. The molecule has 2 aliphatic rings. The van der Waals surface area contributed by atoms with E-state index in [1.54, 1.807) is 7.11 Å². The maximum atomic E-state index is 13.7. The Labute approximate surface area is 193 Å². The average molecular weight is 439 g/mol. The van der Waals surface area contributed by atoms with Gasteiger partial charge in [0.05, 0.1) is 19.2 Å². The summed E-state index contributed by atoms with van der Waals surface area (Å²) < 4.78 is 5.46. The molecule has 5 rings (SSSR count). The second-order valence-electron chi connectivity index (χ2n) is 8.54. The Morgan fingerprint density at radius 1 is 0.848 bits per heavy atom. The van der Waals surface area contributed by atoms with Crippen LogP contribution in [0.1, 0.15) is 27.8 Å². The Kier molecular flexibility index (Phi) is 5.47. The number of para-hydroxylation sites is 1. The van der Waals surface area contributed by atoms with E-state index in [0.717, 1.165) is 23.1 Å². The van der Waals surface area contributed by atoms with Gasteiger partial charge in [-0.1, -0.05) is 72.3 Å². The van der Waals surface area contributed by atoms with E-state index in [0.29, 0.717) is 30.1 Å². The Morgan fingerprint density at radius 3 is 2.30 bits per heavy atom. The lowest BCUT2D eigenvalue weighted by atomic mass is 9.97. The number of hydrogen-bond donors (Lipinski definition) is 0. The maximum absolute atomic E-state index is 13.7. The van der Waals surface area contributed by atoms with Crippen molar-refractivity contribution in [3.05, 3.63) is 106 Å². The Bertz CT molecular complexity index is 1260. The topological polar surface area (TPSA) is 49.9 Å². The van der Waals surface area contributed by atoms with Crippen molar-refractivity contribution in [3.63, 3.8) is 0 Å².